The summed E-state index contributed by atoms with van der Waals surface area (Å²) in [4.78, 5) is 41.9. The molecule has 0 spiro atoms. The summed E-state index contributed by atoms with van der Waals surface area (Å²) in [7, 11) is 0. The third-order valence-corrected chi connectivity index (χ3v) is 15.0. The number of carbonyl (C=O) groups excluding carboxylic acids is 3. The molecular weight excluding hydrogens is 919 g/mol. The second-order valence-corrected chi connectivity index (χ2v) is 21.1. The first-order chi connectivity index (χ1) is 34.6. The maximum Gasteiger partial charge on any atom is 0.262 e. The number of rotatable bonds is 9. The molecule has 12 rings (SSSR count). The lowest BCUT2D eigenvalue weighted by Gasteiger charge is -2.39. The Bertz CT molecular complexity index is 2420. The molecule has 18 nitrogen and oxygen atoms in total. The number of hydrazone groups is 3. The smallest absolute Gasteiger partial charge is 0.262 e. The molecule has 72 heavy (non-hydrogen) atoms. The number of amidine groups is 3. The Morgan fingerprint density at radius 1 is 0.458 bits per heavy atom. The molecule has 18 heteroatoms. The largest absolute Gasteiger partial charge is 0.490 e. The van der Waals surface area contributed by atoms with Gasteiger partial charge in [0.25, 0.3) is 17.7 Å². The zero-order valence-corrected chi connectivity index (χ0v) is 43.0. The third kappa shape index (κ3) is 9.44. The van der Waals surface area contributed by atoms with Gasteiger partial charge in [-0.1, -0.05) is 41.5 Å². The van der Waals surface area contributed by atoms with Gasteiger partial charge in [0.05, 0.1) is 35.4 Å². The van der Waals surface area contributed by atoms with E-state index in [2.05, 4.69) is 91.3 Å². The number of nitrogens with zero attached hydrogens (tertiary/aromatic N) is 6. The number of fused-ring (bicyclic) bond motifs is 9. The van der Waals surface area contributed by atoms with Crippen molar-refractivity contribution in [3.05, 3.63) is 53.1 Å². The molecule has 1 unspecified atom stereocenters. The maximum atomic E-state index is 12.0. The molecule has 0 saturated heterocycles. The van der Waals surface area contributed by atoms with Crippen LogP contribution in [0.4, 0.5) is 17.1 Å². The Kier molecular flexibility index (Phi) is 13.6. The van der Waals surface area contributed by atoms with E-state index in [0.29, 0.717) is 55.9 Å². The number of carbonyl (C=O) groups is 3. The van der Waals surface area contributed by atoms with Crippen LogP contribution in [0.3, 0.4) is 0 Å². The van der Waals surface area contributed by atoms with Crippen molar-refractivity contribution in [1.29, 1.82) is 0 Å². The van der Waals surface area contributed by atoms with Crippen molar-refractivity contribution < 1.29 is 42.8 Å². The van der Waals surface area contributed by atoms with Crippen molar-refractivity contribution in [3.8, 4) is 34.5 Å². The molecule has 3 N–H and O–H groups in total. The molecule has 0 aromatic heterocycles. The molecule has 3 fully saturated rings. The van der Waals surface area contributed by atoms with Crippen molar-refractivity contribution in [1.82, 2.24) is 16.3 Å². The number of ether oxygens (including phenoxy) is 6. The van der Waals surface area contributed by atoms with E-state index in [4.69, 9.17) is 28.4 Å². The molecular formula is C54H69N9O9. The lowest BCUT2D eigenvalue weighted by atomic mass is 9.95. The molecule has 3 saturated carbocycles. The fourth-order valence-corrected chi connectivity index (χ4v) is 9.87. The van der Waals surface area contributed by atoms with Gasteiger partial charge in [-0.25, -0.2) is 16.3 Å². The highest BCUT2D eigenvalue weighted by molar-refractivity contribution is 6.11. The van der Waals surface area contributed by atoms with Gasteiger partial charge in [0, 0.05) is 34.9 Å². The highest BCUT2D eigenvalue weighted by Gasteiger charge is 2.40. The van der Waals surface area contributed by atoms with Crippen molar-refractivity contribution in [3.63, 3.8) is 0 Å². The SMILES string of the molecule is CC(C)c1cc2c(cc1OC1CCC1)N1C(=NNC(=O)C1C)CO2.CC(C)c1cc2c(cc1OC1CCC1)N1C(=NNC(=O)[C@@H]1C)CO2.CC(C)c1cc2c(cc1OC1CCC1)N1C(=NNC(=O)[C@H]1C)CO2. The van der Waals surface area contributed by atoms with E-state index in [-0.39, 0.29) is 35.8 Å². The molecule has 6 heterocycles. The van der Waals surface area contributed by atoms with Gasteiger partial charge in [-0.05, 0) is 115 Å². The van der Waals surface area contributed by atoms with Crippen LogP contribution in [0.2, 0.25) is 0 Å². The Labute approximate surface area is 421 Å². The molecule has 3 amide bonds. The van der Waals surface area contributed by atoms with E-state index in [1.54, 1.807) is 0 Å². The van der Waals surface area contributed by atoms with Crippen molar-refractivity contribution in [2.75, 3.05) is 34.5 Å². The van der Waals surface area contributed by atoms with E-state index >= 15 is 0 Å². The van der Waals surface area contributed by atoms with Crippen molar-refractivity contribution >= 4 is 52.3 Å². The molecule has 6 aliphatic heterocycles. The van der Waals surface area contributed by atoms with Crippen molar-refractivity contribution in [2.24, 2.45) is 15.3 Å². The topological polar surface area (TPSA) is 189 Å². The average Bonchev–Trinajstić information content (AvgIpc) is 3.32. The number of hydrogen-bond donors (Lipinski definition) is 3. The lowest BCUT2D eigenvalue weighted by Crippen LogP contribution is -2.55. The number of amides is 3. The van der Waals surface area contributed by atoms with Gasteiger partial charge < -0.3 is 43.1 Å². The third-order valence-electron chi connectivity index (χ3n) is 15.0. The van der Waals surface area contributed by atoms with Crippen LogP contribution in [0.1, 0.15) is 155 Å². The van der Waals surface area contributed by atoms with Crippen LogP contribution in [-0.2, 0) is 14.4 Å². The summed E-state index contributed by atoms with van der Waals surface area (Å²) < 4.78 is 36.3. The zero-order valence-electron chi connectivity index (χ0n) is 43.0. The van der Waals surface area contributed by atoms with Gasteiger partial charge in [-0.2, -0.15) is 15.3 Å². The molecule has 3 aliphatic carbocycles. The molecule has 0 radical (unpaired) electrons. The minimum atomic E-state index is -0.318. The van der Waals surface area contributed by atoms with Crippen LogP contribution in [0.5, 0.6) is 34.5 Å². The molecule has 9 aliphatic rings. The van der Waals surface area contributed by atoms with Crippen LogP contribution >= 0.6 is 0 Å². The maximum absolute atomic E-state index is 12.0. The van der Waals surface area contributed by atoms with E-state index in [9.17, 15) is 14.4 Å². The molecule has 384 valence electrons. The fourth-order valence-electron chi connectivity index (χ4n) is 9.87. The Balaban J connectivity index is 0.000000124. The summed E-state index contributed by atoms with van der Waals surface area (Å²) in [6.45, 7) is 19.6. The van der Waals surface area contributed by atoms with Crippen LogP contribution in [-0.4, -0.2) is 91.5 Å². The minimum Gasteiger partial charge on any atom is -0.490 e. The second kappa shape index (κ2) is 20.1. The minimum absolute atomic E-state index is 0.110. The number of hydrogen-bond acceptors (Lipinski definition) is 15. The standard InChI is InChI=1S/3C18H23N3O3/c3*1-10(2)13-7-16-14(8-15(13)24-12-5-4-6-12)21-11(3)18(22)20-19-17(21)9-23-16/h3*7-8,10-12H,4-6,9H2,1-3H3,(H,20,22)/t2*11-;/m10./s1. The average molecular weight is 988 g/mol. The number of anilines is 3. The summed E-state index contributed by atoms with van der Waals surface area (Å²) in [6.07, 6.45) is 11.3. The Hall–Kier alpha value is -6.72. The van der Waals surface area contributed by atoms with Gasteiger partial charge in [0.1, 0.15) is 72.4 Å². The summed E-state index contributed by atoms with van der Waals surface area (Å²) in [5, 5.41) is 12.4. The quantitative estimate of drug-likeness (QED) is 0.186. The first-order valence-electron chi connectivity index (χ1n) is 26.0. The van der Waals surface area contributed by atoms with Gasteiger partial charge in [-0.15, -0.1) is 0 Å². The molecule has 3 aromatic carbocycles. The molecule has 0 bridgehead atoms. The van der Waals surface area contributed by atoms with E-state index < -0.39 is 0 Å². The van der Waals surface area contributed by atoms with Gasteiger partial charge in [0.2, 0.25) is 0 Å². The van der Waals surface area contributed by atoms with Gasteiger partial charge in [-0.3, -0.25) is 14.4 Å². The van der Waals surface area contributed by atoms with Crippen LogP contribution in [0, 0.1) is 0 Å². The first-order valence-corrected chi connectivity index (χ1v) is 26.0. The fraction of sp³-hybridized carbons (Fsp3) is 0.556. The normalized spacial score (nSPS) is 22.8. The monoisotopic (exact) mass is 988 g/mol. The Morgan fingerprint density at radius 2 is 0.722 bits per heavy atom. The summed E-state index contributed by atoms with van der Waals surface area (Å²) in [5.41, 5.74) is 13.7. The van der Waals surface area contributed by atoms with Gasteiger partial charge in [0.15, 0.2) is 17.5 Å². The highest BCUT2D eigenvalue weighted by atomic mass is 16.5. The van der Waals surface area contributed by atoms with E-state index in [0.717, 1.165) is 124 Å². The summed E-state index contributed by atoms with van der Waals surface area (Å²) in [5.74, 6) is 7.93. The van der Waals surface area contributed by atoms with Crippen LogP contribution < -0.4 is 59.4 Å². The Morgan fingerprint density at radius 3 is 0.944 bits per heavy atom. The number of benzene rings is 3. The molecule has 3 atom stereocenters. The zero-order chi connectivity index (χ0) is 50.5. The summed E-state index contributed by atoms with van der Waals surface area (Å²) in [6, 6.07) is 11.3. The second-order valence-electron chi connectivity index (χ2n) is 21.1. The predicted octanol–water partition coefficient (Wildman–Crippen LogP) is 8.32. The first kappa shape index (κ1) is 48.9. The van der Waals surface area contributed by atoms with E-state index in [1.165, 1.54) is 19.3 Å². The lowest BCUT2D eigenvalue weighted by molar-refractivity contribution is -0.123. The number of nitrogens with one attached hydrogen (secondary N) is 3. The van der Waals surface area contributed by atoms with Crippen LogP contribution in [0.25, 0.3) is 0 Å². The highest BCUT2D eigenvalue weighted by Crippen LogP contribution is 2.46. The predicted molar refractivity (Wildman–Crippen MR) is 275 cm³/mol. The summed E-state index contributed by atoms with van der Waals surface area (Å²) >= 11 is 0. The van der Waals surface area contributed by atoms with E-state index in [1.807, 2.05) is 53.7 Å². The van der Waals surface area contributed by atoms with Crippen molar-refractivity contribution in [2.45, 2.75) is 174 Å². The molecule has 3 aromatic rings. The van der Waals surface area contributed by atoms with Crippen LogP contribution in [0.15, 0.2) is 51.7 Å². The van der Waals surface area contributed by atoms with Gasteiger partial charge >= 0.3 is 0 Å².